The molecule has 9 heteroatoms. The first-order chi connectivity index (χ1) is 15.8. The molecule has 0 aliphatic heterocycles. The Bertz CT molecular complexity index is 1380. The van der Waals surface area contributed by atoms with E-state index in [2.05, 4.69) is 24.1 Å². The lowest BCUT2D eigenvalue weighted by Crippen LogP contribution is -2.13. The van der Waals surface area contributed by atoms with E-state index >= 15 is 0 Å². The number of nitro benzene ring substituents is 1. The average molecular weight is 484 g/mol. The van der Waals surface area contributed by atoms with E-state index in [0.717, 1.165) is 18.0 Å². The number of nitrogens with zero attached hydrogens (tertiary/aromatic N) is 2. The quantitative estimate of drug-likeness (QED) is 0.226. The van der Waals surface area contributed by atoms with Crippen LogP contribution in [-0.2, 0) is 0 Å². The van der Waals surface area contributed by atoms with E-state index in [4.69, 9.17) is 27.6 Å². The van der Waals surface area contributed by atoms with E-state index in [1.807, 2.05) is 18.2 Å². The second kappa shape index (κ2) is 9.21. The Morgan fingerprint density at radius 1 is 1.12 bits per heavy atom. The number of hydrogen-bond acceptors (Lipinski definition) is 5. The van der Waals surface area contributed by atoms with E-state index < -0.39 is 10.8 Å². The maximum atomic E-state index is 12.7. The van der Waals surface area contributed by atoms with Gasteiger partial charge in [-0.25, -0.2) is 4.98 Å². The SMILES string of the molecule is CCC(C)c1ccc2oc(-c3ccc(Cl)c(NC(=O)c4ccc([N+](=O)[O-])cc4Cl)c3)nc2c1. The largest absolute Gasteiger partial charge is 0.436 e. The van der Waals surface area contributed by atoms with Gasteiger partial charge < -0.3 is 9.73 Å². The molecule has 0 aliphatic carbocycles. The van der Waals surface area contributed by atoms with Crippen LogP contribution in [0.25, 0.3) is 22.6 Å². The lowest BCUT2D eigenvalue weighted by molar-refractivity contribution is -0.384. The maximum absolute atomic E-state index is 12.7. The number of aromatic nitrogens is 1. The summed E-state index contributed by atoms with van der Waals surface area (Å²) in [6, 6.07) is 14.6. The molecule has 0 spiro atoms. The number of carbonyl (C=O) groups is 1. The molecular weight excluding hydrogens is 465 g/mol. The molecule has 7 nitrogen and oxygen atoms in total. The predicted molar refractivity (Wildman–Crippen MR) is 129 cm³/mol. The van der Waals surface area contributed by atoms with Crippen molar-refractivity contribution in [1.82, 2.24) is 4.98 Å². The van der Waals surface area contributed by atoms with E-state index in [0.29, 0.717) is 33.7 Å². The van der Waals surface area contributed by atoms with Crippen molar-refractivity contribution in [3.63, 3.8) is 0 Å². The zero-order valence-corrected chi connectivity index (χ0v) is 19.3. The average Bonchev–Trinajstić information content (AvgIpc) is 3.23. The molecule has 0 saturated carbocycles. The number of benzene rings is 3. The number of halogens is 2. The highest BCUT2D eigenvalue weighted by atomic mass is 35.5. The minimum absolute atomic E-state index is 0.0370. The van der Waals surface area contributed by atoms with Gasteiger partial charge in [-0.2, -0.15) is 0 Å². The highest BCUT2D eigenvalue weighted by Gasteiger charge is 2.18. The van der Waals surface area contributed by atoms with E-state index in [1.54, 1.807) is 18.2 Å². The summed E-state index contributed by atoms with van der Waals surface area (Å²) >= 11 is 12.4. The Hall–Kier alpha value is -3.42. The third kappa shape index (κ3) is 4.69. The van der Waals surface area contributed by atoms with Crippen LogP contribution in [0.1, 0.15) is 42.1 Å². The standard InChI is InChI=1S/C24H19Cl2N3O4/c1-3-13(2)14-5-9-22-21(10-14)28-24(33-22)15-4-8-18(25)20(11-15)27-23(30)17-7-6-16(29(31)32)12-19(17)26/h4-13H,3H2,1-2H3,(H,27,30). The van der Waals surface area contributed by atoms with Gasteiger partial charge in [0.25, 0.3) is 11.6 Å². The van der Waals surface area contributed by atoms with Gasteiger partial charge in [0.2, 0.25) is 5.89 Å². The molecule has 0 bridgehead atoms. The van der Waals surface area contributed by atoms with Crippen LogP contribution >= 0.6 is 23.2 Å². The molecule has 33 heavy (non-hydrogen) atoms. The zero-order valence-electron chi connectivity index (χ0n) is 17.8. The molecule has 3 aromatic carbocycles. The summed E-state index contributed by atoms with van der Waals surface area (Å²) in [5.41, 5.74) is 3.44. The molecule has 1 N–H and O–H groups in total. The third-order valence-electron chi connectivity index (χ3n) is 5.46. The van der Waals surface area contributed by atoms with Gasteiger partial charge in [0.15, 0.2) is 5.58 Å². The minimum atomic E-state index is -0.583. The van der Waals surface area contributed by atoms with Gasteiger partial charge in [-0.15, -0.1) is 0 Å². The summed E-state index contributed by atoms with van der Waals surface area (Å²) in [5.74, 6) is 0.259. The van der Waals surface area contributed by atoms with Gasteiger partial charge in [0.1, 0.15) is 5.52 Å². The minimum Gasteiger partial charge on any atom is -0.436 e. The van der Waals surface area contributed by atoms with Crippen LogP contribution in [0.2, 0.25) is 10.0 Å². The van der Waals surface area contributed by atoms with Crippen LogP contribution in [0.15, 0.2) is 59.0 Å². The van der Waals surface area contributed by atoms with Crippen molar-refractivity contribution < 1.29 is 14.1 Å². The van der Waals surface area contributed by atoms with Crippen molar-refractivity contribution in [3.05, 3.63) is 85.9 Å². The fraction of sp³-hybridized carbons (Fsp3) is 0.167. The lowest BCUT2D eigenvalue weighted by Gasteiger charge is -2.09. The van der Waals surface area contributed by atoms with Crippen LogP contribution < -0.4 is 5.32 Å². The summed E-state index contributed by atoms with van der Waals surface area (Å²) in [6.45, 7) is 4.30. The normalized spacial score (nSPS) is 12.0. The molecular formula is C24H19Cl2N3O4. The highest BCUT2D eigenvalue weighted by molar-refractivity contribution is 6.36. The molecule has 1 atom stereocenters. The number of nitrogens with one attached hydrogen (secondary N) is 1. The van der Waals surface area contributed by atoms with Gasteiger partial charge in [0, 0.05) is 17.7 Å². The Labute approximate surface area is 199 Å². The fourth-order valence-electron chi connectivity index (χ4n) is 3.36. The molecule has 0 radical (unpaired) electrons. The Morgan fingerprint density at radius 3 is 2.61 bits per heavy atom. The van der Waals surface area contributed by atoms with Gasteiger partial charge >= 0.3 is 0 Å². The summed E-state index contributed by atoms with van der Waals surface area (Å²) in [5, 5.41) is 13.9. The summed E-state index contributed by atoms with van der Waals surface area (Å²) in [4.78, 5) is 27.6. The molecule has 168 valence electrons. The number of rotatable bonds is 6. The monoisotopic (exact) mass is 483 g/mol. The third-order valence-corrected chi connectivity index (χ3v) is 6.10. The molecule has 0 aliphatic rings. The Kier molecular flexibility index (Phi) is 6.35. The van der Waals surface area contributed by atoms with Gasteiger partial charge in [0.05, 0.1) is 26.2 Å². The van der Waals surface area contributed by atoms with E-state index in [9.17, 15) is 14.9 Å². The molecule has 1 amide bonds. The summed E-state index contributed by atoms with van der Waals surface area (Å²) < 4.78 is 5.91. The van der Waals surface area contributed by atoms with Crippen LogP contribution in [0.4, 0.5) is 11.4 Å². The molecule has 4 rings (SSSR count). The number of carbonyl (C=O) groups excluding carboxylic acids is 1. The molecule has 1 unspecified atom stereocenters. The smallest absolute Gasteiger partial charge is 0.270 e. The predicted octanol–water partition coefficient (Wildman–Crippen LogP) is 7.48. The van der Waals surface area contributed by atoms with Gasteiger partial charge in [-0.05, 0) is 54.3 Å². The first-order valence-corrected chi connectivity index (χ1v) is 11.0. The number of nitro groups is 1. The van der Waals surface area contributed by atoms with E-state index in [-0.39, 0.29) is 16.3 Å². The number of amides is 1. The van der Waals surface area contributed by atoms with Crippen LogP contribution in [0.3, 0.4) is 0 Å². The number of hydrogen-bond donors (Lipinski definition) is 1. The Morgan fingerprint density at radius 2 is 1.91 bits per heavy atom. The van der Waals surface area contributed by atoms with Gasteiger partial charge in [-0.3, -0.25) is 14.9 Å². The summed E-state index contributed by atoms with van der Waals surface area (Å²) in [6.07, 6.45) is 1.02. The lowest BCUT2D eigenvalue weighted by atomic mass is 9.98. The van der Waals surface area contributed by atoms with E-state index in [1.165, 1.54) is 17.7 Å². The van der Waals surface area contributed by atoms with Crippen molar-refractivity contribution in [1.29, 1.82) is 0 Å². The highest BCUT2D eigenvalue weighted by Crippen LogP contribution is 2.32. The van der Waals surface area contributed by atoms with Crippen molar-refractivity contribution in [2.24, 2.45) is 0 Å². The van der Waals surface area contributed by atoms with Crippen molar-refractivity contribution in [2.45, 2.75) is 26.2 Å². The first-order valence-electron chi connectivity index (χ1n) is 10.2. The number of non-ortho nitro benzene ring substituents is 1. The van der Waals surface area contributed by atoms with Crippen molar-refractivity contribution >= 4 is 51.6 Å². The first kappa shape index (κ1) is 22.8. The van der Waals surface area contributed by atoms with Crippen LogP contribution in [0, 0.1) is 10.1 Å². The number of fused-ring (bicyclic) bond motifs is 1. The Balaban J connectivity index is 1.63. The summed E-state index contributed by atoms with van der Waals surface area (Å²) in [7, 11) is 0. The topological polar surface area (TPSA) is 98.3 Å². The van der Waals surface area contributed by atoms with Crippen LogP contribution in [0.5, 0.6) is 0 Å². The molecule has 1 aromatic heterocycles. The second-order valence-corrected chi connectivity index (χ2v) is 8.44. The van der Waals surface area contributed by atoms with Crippen molar-refractivity contribution in [2.75, 3.05) is 5.32 Å². The fourth-order valence-corrected chi connectivity index (χ4v) is 3.78. The molecule has 4 aromatic rings. The number of anilines is 1. The van der Waals surface area contributed by atoms with Crippen LogP contribution in [-0.4, -0.2) is 15.8 Å². The van der Waals surface area contributed by atoms with Crippen molar-refractivity contribution in [3.8, 4) is 11.5 Å². The second-order valence-electron chi connectivity index (χ2n) is 7.63. The zero-order chi connectivity index (χ0) is 23.7. The molecule has 0 fully saturated rings. The van der Waals surface area contributed by atoms with Gasteiger partial charge in [-0.1, -0.05) is 43.1 Å². The maximum Gasteiger partial charge on any atom is 0.270 e. The molecule has 1 heterocycles. The molecule has 0 saturated heterocycles. The number of oxazole rings is 1.